The maximum Gasteiger partial charge on any atom is 0.257 e. The van der Waals surface area contributed by atoms with Gasteiger partial charge in [0.05, 0.1) is 6.04 Å². The van der Waals surface area contributed by atoms with E-state index < -0.39 is 12.5 Å². The summed E-state index contributed by atoms with van der Waals surface area (Å²) in [6.07, 6.45) is -0.0889. The molecule has 0 unspecified atom stereocenters. The molecule has 0 bridgehead atoms. The van der Waals surface area contributed by atoms with Crippen LogP contribution in [0.15, 0.2) is 24.3 Å². The number of benzene rings is 1. The van der Waals surface area contributed by atoms with Gasteiger partial charge in [0.2, 0.25) is 0 Å². The van der Waals surface area contributed by atoms with Crippen molar-refractivity contribution >= 4 is 18.1 Å². The van der Waals surface area contributed by atoms with Crippen LogP contribution in [0.3, 0.4) is 0 Å². The highest BCUT2D eigenvalue weighted by molar-refractivity contribution is 5.85. The average molecular weight is 263 g/mol. The number of hydrogen-bond donors (Lipinski definition) is 1. The molecule has 1 atom stereocenters. The van der Waals surface area contributed by atoms with Gasteiger partial charge in [-0.2, -0.15) is 0 Å². The molecule has 2 rings (SSSR count). The van der Waals surface area contributed by atoms with Crippen LogP contribution in [-0.2, 0) is 0 Å². The Morgan fingerprint density at radius 1 is 1.06 bits per heavy atom. The van der Waals surface area contributed by atoms with Crippen molar-refractivity contribution in [3.05, 3.63) is 29.8 Å². The molecule has 0 aromatic heterocycles. The summed E-state index contributed by atoms with van der Waals surface area (Å²) in [5.41, 5.74) is 6.98. The fourth-order valence-electron chi connectivity index (χ4n) is 2.03. The zero-order valence-electron chi connectivity index (χ0n) is 9.48. The van der Waals surface area contributed by atoms with Crippen LogP contribution < -0.4 is 10.6 Å². The molecule has 2 N–H and O–H groups in total. The highest BCUT2D eigenvalue weighted by Crippen LogP contribution is 2.24. The molecule has 1 aromatic rings. The summed E-state index contributed by atoms with van der Waals surface area (Å²) in [6, 6.07) is 5.98. The number of anilines is 1. The van der Waals surface area contributed by atoms with E-state index in [1.807, 2.05) is 12.1 Å². The number of hydrogen-bond acceptors (Lipinski definition) is 2. The molecule has 0 saturated carbocycles. The molecule has 1 heterocycles. The van der Waals surface area contributed by atoms with E-state index >= 15 is 0 Å². The molecular formula is C12H17ClF2N2. The number of halogens is 3. The summed E-state index contributed by atoms with van der Waals surface area (Å²) in [5, 5.41) is 0. The van der Waals surface area contributed by atoms with E-state index in [2.05, 4.69) is 4.90 Å². The first-order valence-electron chi connectivity index (χ1n) is 5.57. The van der Waals surface area contributed by atoms with Crippen LogP contribution in [0, 0.1) is 0 Å². The predicted molar refractivity (Wildman–Crippen MR) is 68.1 cm³/mol. The van der Waals surface area contributed by atoms with Gasteiger partial charge in [0, 0.05) is 18.8 Å². The molecule has 0 amide bonds. The smallest absolute Gasteiger partial charge is 0.257 e. The predicted octanol–water partition coefficient (Wildman–Crippen LogP) is 2.97. The van der Waals surface area contributed by atoms with Crippen LogP contribution in [0.1, 0.15) is 24.4 Å². The molecule has 1 aliphatic heterocycles. The Labute approximate surface area is 106 Å². The fourth-order valence-corrected chi connectivity index (χ4v) is 2.03. The number of alkyl halides is 2. The van der Waals surface area contributed by atoms with E-state index in [0.717, 1.165) is 18.8 Å². The van der Waals surface area contributed by atoms with Crippen molar-refractivity contribution in [2.75, 3.05) is 18.0 Å². The first kappa shape index (κ1) is 14.2. The van der Waals surface area contributed by atoms with Crippen molar-refractivity contribution in [1.82, 2.24) is 0 Å². The highest BCUT2D eigenvalue weighted by Gasteiger charge is 2.18. The quantitative estimate of drug-likeness (QED) is 0.907. The molecule has 17 heavy (non-hydrogen) atoms. The van der Waals surface area contributed by atoms with Gasteiger partial charge in [0.1, 0.15) is 0 Å². The molecule has 0 radical (unpaired) electrons. The van der Waals surface area contributed by atoms with Gasteiger partial charge in [-0.05, 0) is 30.5 Å². The molecular weight excluding hydrogens is 246 g/mol. The Morgan fingerprint density at radius 2 is 1.59 bits per heavy atom. The SMILES string of the molecule is Cl.N[C@@H](c1ccc(N2CCCC2)cc1)C(F)F. The highest BCUT2D eigenvalue weighted by atomic mass is 35.5. The van der Waals surface area contributed by atoms with Crippen molar-refractivity contribution in [2.45, 2.75) is 25.3 Å². The fraction of sp³-hybridized carbons (Fsp3) is 0.500. The number of nitrogens with two attached hydrogens (primary N) is 1. The standard InChI is InChI=1S/C12H16F2N2.ClH/c13-12(14)11(15)9-3-5-10(6-4-9)16-7-1-2-8-16;/h3-6,11-12H,1-2,7-8,15H2;1H/t11-;/m0./s1. The molecule has 0 spiro atoms. The third-order valence-electron chi connectivity index (χ3n) is 3.02. The minimum atomic E-state index is -2.50. The Kier molecular flexibility index (Phi) is 5.15. The van der Waals surface area contributed by atoms with Crippen LogP contribution in [-0.4, -0.2) is 19.5 Å². The lowest BCUT2D eigenvalue weighted by molar-refractivity contribution is 0.116. The summed E-state index contributed by atoms with van der Waals surface area (Å²) in [5.74, 6) is 0. The minimum absolute atomic E-state index is 0. The Bertz CT molecular complexity index is 316. The zero-order valence-corrected chi connectivity index (χ0v) is 10.3. The zero-order chi connectivity index (χ0) is 11.5. The molecule has 0 aliphatic carbocycles. The van der Waals surface area contributed by atoms with Gasteiger partial charge in [0.15, 0.2) is 0 Å². The van der Waals surface area contributed by atoms with Gasteiger partial charge < -0.3 is 10.6 Å². The van der Waals surface area contributed by atoms with E-state index in [1.165, 1.54) is 12.8 Å². The van der Waals surface area contributed by atoms with Gasteiger partial charge in [-0.3, -0.25) is 0 Å². The minimum Gasteiger partial charge on any atom is -0.372 e. The molecule has 5 heteroatoms. The van der Waals surface area contributed by atoms with Gasteiger partial charge >= 0.3 is 0 Å². The van der Waals surface area contributed by atoms with E-state index in [4.69, 9.17) is 5.73 Å². The lowest BCUT2D eigenvalue weighted by Crippen LogP contribution is -2.20. The topological polar surface area (TPSA) is 29.3 Å². The Morgan fingerprint density at radius 3 is 2.06 bits per heavy atom. The first-order chi connectivity index (χ1) is 7.68. The van der Waals surface area contributed by atoms with E-state index in [0.29, 0.717) is 5.56 Å². The molecule has 1 aliphatic rings. The third-order valence-corrected chi connectivity index (χ3v) is 3.02. The van der Waals surface area contributed by atoms with Crippen LogP contribution >= 0.6 is 12.4 Å². The van der Waals surface area contributed by atoms with E-state index in [1.54, 1.807) is 12.1 Å². The monoisotopic (exact) mass is 262 g/mol. The van der Waals surface area contributed by atoms with Crippen LogP contribution in [0.4, 0.5) is 14.5 Å². The summed E-state index contributed by atoms with van der Waals surface area (Å²) in [6.45, 7) is 2.11. The molecule has 1 saturated heterocycles. The maximum absolute atomic E-state index is 12.4. The number of nitrogens with zero attached hydrogens (tertiary/aromatic N) is 1. The van der Waals surface area contributed by atoms with Crippen molar-refractivity contribution in [1.29, 1.82) is 0 Å². The van der Waals surface area contributed by atoms with Crippen LogP contribution in [0.2, 0.25) is 0 Å². The van der Waals surface area contributed by atoms with Gasteiger partial charge in [-0.1, -0.05) is 12.1 Å². The maximum atomic E-state index is 12.4. The lowest BCUT2D eigenvalue weighted by atomic mass is 10.1. The Hall–Kier alpha value is -0.870. The van der Waals surface area contributed by atoms with Gasteiger partial charge in [0.25, 0.3) is 6.43 Å². The van der Waals surface area contributed by atoms with Gasteiger partial charge in [-0.25, -0.2) is 8.78 Å². The van der Waals surface area contributed by atoms with E-state index in [-0.39, 0.29) is 12.4 Å². The van der Waals surface area contributed by atoms with Crippen LogP contribution in [0.25, 0.3) is 0 Å². The Balaban J connectivity index is 0.00000144. The van der Waals surface area contributed by atoms with Crippen molar-refractivity contribution in [3.8, 4) is 0 Å². The summed E-state index contributed by atoms with van der Waals surface area (Å²) >= 11 is 0. The lowest BCUT2D eigenvalue weighted by Gasteiger charge is -2.18. The molecule has 96 valence electrons. The molecule has 1 aromatic carbocycles. The van der Waals surface area contributed by atoms with Crippen LogP contribution in [0.5, 0.6) is 0 Å². The second-order valence-corrected chi connectivity index (χ2v) is 4.15. The molecule has 2 nitrogen and oxygen atoms in total. The second kappa shape index (κ2) is 6.17. The third kappa shape index (κ3) is 3.30. The van der Waals surface area contributed by atoms with Gasteiger partial charge in [-0.15, -0.1) is 12.4 Å². The number of rotatable bonds is 3. The second-order valence-electron chi connectivity index (χ2n) is 4.15. The van der Waals surface area contributed by atoms with E-state index in [9.17, 15) is 8.78 Å². The molecule has 1 fully saturated rings. The summed E-state index contributed by atoms with van der Waals surface area (Å²) in [7, 11) is 0. The summed E-state index contributed by atoms with van der Waals surface area (Å²) < 4.78 is 24.8. The van der Waals surface area contributed by atoms with Crippen molar-refractivity contribution < 1.29 is 8.78 Å². The van der Waals surface area contributed by atoms with Crippen molar-refractivity contribution in [3.63, 3.8) is 0 Å². The average Bonchev–Trinajstić information content (AvgIpc) is 2.81. The largest absolute Gasteiger partial charge is 0.372 e. The normalized spacial score (nSPS) is 17.1. The van der Waals surface area contributed by atoms with Crippen molar-refractivity contribution in [2.24, 2.45) is 5.73 Å². The first-order valence-corrected chi connectivity index (χ1v) is 5.57. The summed E-state index contributed by atoms with van der Waals surface area (Å²) in [4.78, 5) is 2.26.